The van der Waals surface area contributed by atoms with Crippen LogP contribution in [0.2, 0.25) is 0 Å². The highest BCUT2D eigenvalue weighted by atomic mass is 16.6. The first-order valence-electron chi connectivity index (χ1n) is 29.4. The highest BCUT2D eigenvalue weighted by Gasteiger charge is 2.38. The second-order valence-corrected chi connectivity index (χ2v) is 20.5. The van der Waals surface area contributed by atoms with E-state index in [1.807, 2.05) is 6.07 Å². The maximum Gasteiger partial charge on any atom is 0.338 e. The topological polar surface area (TPSA) is 128 Å². The van der Waals surface area contributed by atoms with Crippen molar-refractivity contribution in [2.75, 3.05) is 6.61 Å². The van der Waals surface area contributed by atoms with Crippen LogP contribution in [-0.2, 0) is 23.8 Å². The molecule has 0 spiro atoms. The van der Waals surface area contributed by atoms with Crippen molar-refractivity contribution in [1.82, 2.24) is 5.32 Å². The van der Waals surface area contributed by atoms with Gasteiger partial charge in [-0.3, -0.25) is 9.59 Å². The van der Waals surface area contributed by atoms with E-state index in [4.69, 9.17) is 14.2 Å². The number of esters is 3. The number of benzene rings is 2. The molecular formula is C62H103NO8. The number of carbonyl (C=O) groups is 4. The molecule has 9 heteroatoms. The zero-order valence-corrected chi connectivity index (χ0v) is 45.5. The smallest absolute Gasteiger partial charge is 0.338 e. The van der Waals surface area contributed by atoms with Crippen LogP contribution in [0.4, 0.5) is 0 Å². The lowest BCUT2D eigenvalue weighted by Gasteiger charge is -2.33. The second kappa shape index (κ2) is 44.9. The van der Waals surface area contributed by atoms with E-state index in [0.717, 1.165) is 38.5 Å². The van der Waals surface area contributed by atoms with Crippen molar-refractivity contribution in [1.29, 1.82) is 0 Å². The van der Waals surface area contributed by atoms with Gasteiger partial charge in [0.2, 0.25) is 0 Å². The summed E-state index contributed by atoms with van der Waals surface area (Å²) in [5.41, 5.74) is 0.624. The molecular weight excluding hydrogens is 887 g/mol. The van der Waals surface area contributed by atoms with Gasteiger partial charge in [-0.15, -0.1) is 0 Å². The minimum atomic E-state index is -1.24. The number of rotatable bonds is 48. The lowest BCUT2D eigenvalue weighted by molar-refractivity contribution is -0.155. The molecule has 0 heterocycles. The fraction of sp³-hybridized carbons (Fsp3) is 0.742. The third-order valence-electron chi connectivity index (χ3n) is 14.1. The van der Waals surface area contributed by atoms with Crippen LogP contribution in [0.1, 0.15) is 285 Å². The summed E-state index contributed by atoms with van der Waals surface area (Å²) in [4.78, 5) is 53.6. The van der Waals surface area contributed by atoms with Gasteiger partial charge in [-0.1, -0.05) is 269 Å². The maximum atomic E-state index is 14.0. The van der Waals surface area contributed by atoms with E-state index in [-0.39, 0.29) is 5.56 Å². The number of amides is 1. The number of nitrogens with one attached hydrogen (secondary N) is 1. The Kier molecular flexibility index (Phi) is 40.1. The van der Waals surface area contributed by atoms with Gasteiger partial charge in [0.1, 0.15) is 6.10 Å². The number of ether oxygens (including phenoxy) is 3. The number of aliphatic hydroxyl groups excluding tert-OH is 1. The first-order chi connectivity index (χ1) is 34.8. The summed E-state index contributed by atoms with van der Waals surface area (Å²) in [6, 6.07) is 16.0. The van der Waals surface area contributed by atoms with E-state index in [9.17, 15) is 24.3 Å². The molecule has 1 amide bonds. The van der Waals surface area contributed by atoms with E-state index >= 15 is 0 Å². The van der Waals surface area contributed by atoms with Crippen LogP contribution in [0.5, 0.6) is 0 Å². The van der Waals surface area contributed by atoms with Crippen LogP contribution in [0, 0.1) is 0 Å². The molecule has 0 saturated carbocycles. The predicted octanol–water partition coefficient (Wildman–Crippen LogP) is 16.7. The number of hydrogen-bond acceptors (Lipinski definition) is 8. The molecule has 9 nitrogen and oxygen atoms in total. The highest BCUT2D eigenvalue weighted by Crippen LogP contribution is 2.23. The number of unbranched alkanes of at least 4 members (excludes halogenated alkanes) is 34. The van der Waals surface area contributed by atoms with Gasteiger partial charge in [0.15, 0.2) is 12.2 Å². The minimum absolute atomic E-state index is 0.285. The summed E-state index contributed by atoms with van der Waals surface area (Å²) in [6.45, 7) is 5.21. The van der Waals surface area contributed by atoms with Crippen LogP contribution in [0.3, 0.4) is 0 Å². The van der Waals surface area contributed by atoms with Crippen molar-refractivity contribution >= 4 is 23.8 Å². The Morgan fingerprint density at radius 2 is 0.732 bits per heavy atom. The normalized spacial score (nSPS) is 13.0. The molecule has 404 valence electrons. The van der Waals surface area contributed by atoms with Gasteiger partial charge in [0.25, 0.3) is 5.91 Å². The van der Waals surface area contributed by atoms with Gasteiger partial charge in [0.05, 0.1) is 23.8 Å². The number of aliphatic hydroxyl groups is 1. The summed E-state index contributed by atoms with van der Waals surface area (Å²) < 4.78 is 17.8. The Morgan fingerprint density at radius 1 is 0.423 bits per heavy atom. The van der Waals surface area contributed by atoms with E-state index in [0.29, 0.717) is 31.2 Å². The fourth-order valence-electron chi connectivity index (χ4n) is 9.68. The maximum absolute atomic E-state index is 14.0. The van der Waals surface area contributed by atoms with E-state index in [2.05, 4.69) is 19.2 Å². The third kappa shape index (κ3) is 33.6. The van der Waals surface area contributed by atoms with E-state index in [1.165, 1.54) is 187 Å². The minimum Gasteiger partial charge on any atom is -0.455 e. The Hall–Kier alpha value is -3.72. The fourth-order valence-corrected chi connectivity index (χ4v) is 9.68. The molecule has 0 unspecified atom stereocenters. The van der Waals surface area contributed by atoms with Gasteiger partial charge in [-0.05, 0) is 49.9 Å². The molecule has 0 aliphatic rings. The molecule has 71 heavy (non-hydrogen) atoms. The average molecular weight is 991 g/mol. The Morgan fingerprint density at radius 3 is 1.06 bits per heavy atom. The van der Waals surface area contributed by atoms with Crippen LogP contribution >= 0.6 is 0 Å². The molecule has 0 saturated heterocycles. The van der Waals surface area contributed by atoms with Crippen molar-refractivity contribution in [2.45, 2.75) is 289 Å². The van der Waals surface area contributed by atoms with Gasteiger partial charge >= 0.3 is 17.9 Å². The monoisotopic (exact) mass is 990 g/mol. The van der Waals surface area contributed by atoms with Crippen LogP contribution in [0.15, 0.2) is 60.7 Å². The summed E-state index contributed by atoms with van der Waals surface area (Å²) in [7, 11) is 0. The van der Waals surface area contributed by atoms with E-state index < -0.39 is 54.8 Å². The zero-order valence-electron chi connectivity index (χ0n) is 45.5. The first-order valence-corrected chi connectivity index (χ1v) is 29.4. The Balaban J connectivity index is 1.90. The quantitative estimate of drug-likeness (QED) is 0.0381. The SMILES string of the molecule is CCCCCCCCCCCCCCCCCCCCCCCC[C@@H](OC(C)=O)C(=O)N[C@@H](CO)[C@H](OC(=O)c1ccccc1)[C@@H](CCCCCCCCCCCCCCCC)OC(=O)c1ccccc1. The molecule has 2 N–H and O–H groups in total. The molecule has 0 aliphatic carbocycles. The van der Waals surface area contributed by atoms with Crippen LogP contribution < -0.4 is 5.32 Å². The van der Waals surface area contributed by atoms with Crippen molar-refractivity contribution in [3.05, 3.63) is 71.8 Å². The van der Waals surface area contributed by atoms with Gasteiger partial charge in [-0.25, -0.2) is 9.59 Å². The molecule has 4 atom stereocenters. The largest absolute Gasteiger partial charge is 0.455 e. The Labute approximate surface area is 433 Å². The van der Waals surface area contributed by atoms with Crippen molar-refractivity contribution in [3.63, 3.8) is 0 Å². The molecule has 2 rings (SSSR count). The van der Waals surface area contributed by atoms with E-state index in [1.54, 1.807) is 54.6 Å². The zero-order chi connectivity index (χ0) is 51.3. The second-order valence-electron chi connectivity index (χ2n) is 20.5. The molecule has 0 bridgehead atoms. The molecule has 2 aromatic rings. The lowest BCUT2D eigenvalue weighted by atomic mass is 9.98. The number of carbonyl (C=O) groups excluding carboxylic acids is 4. The molecule has 0 radical (unpaired) electrons. The van der Waals surface area contributed by atoms with Crippen molar-refractivity contribution in [2.24, 2.45) is 0 Å². The summed E-state index contributed by atoms with van der Waals surface area (Å²) in [5.74, 6) is -2.43. The standard InChI is InChI=1S/C62H103NO8/c1-4-6-8-10-12-14-16-18-20-21-22-23-24-25-26-27-29-31-33-35-37-45-51-58(69-53(3)65)60(66)63-56(52-64)59(71-62(68)55-48-42-39-43-49-55)57(70-61(67)54-46-40-38-41-47-54)50-44-36-34-32-30-28-19-17-15-13-11-9-7-5-2/h38-43,46-49,56-59,64H,4-37,44-45,50-52H2,1-3H3,(H,63,66)/t56-,57+,58+,59-/m0/s1. The summed E-state index contributed by atoms with van der Waals surface area (Å²) >= 11 is 0. The predicted molar refractivity (Wildman–Crippen MR) is 293 cm³/mol. The molecule has 0 aromatic heterocycles. The summed E-state index contributed by atoms with van der Waals surface area (Å²) in [5, 5.41) is 13.7. The third-order valence-corrected chi connectivity index (χ3v) is 14.1. The van der Waals surface area contributed by atoms with Crippen molar-refractivity contribution in [3.8, 4) is 0 Å². The summed E-state index contributed by atoms with van der Waals surface area (Å²) in [6.07, 6.45) is 42.3. The molecule has 0 fully saturated rings. The molecule has 2 aromatic carbocycles. The number of hydrogen-bond donors (Lipinski definition) is 2. The Bertz CT molecular complexity index is 1570. The van der Waals surface area contributed by atoms with Gasteiger partial charge < -0.3 is 24.6 Å². The van der Waals surface area contributed by atoms with Gasteiger partial charge in [-0.2, -0.15) is 0 Å². The van der Waals surface area contributed by atoms with Crippen molar-refractivity contribution < 1.29 is 38.5 Å². The lowest BCUT2D eigenvalue weighted by Crippen LogP contribution is -2.55. The molecule has 0 aliphatic heterocycles. The average Bonchev–Trinajstić information content (AvgIpc) is 3.38. The van der Waals surface area contributed by atoms with Gasteiger partial charge in [0, 0.05) is 6.92 Å². The highest BCUT2D eigenvalue weighted by molar-refractivity contribution is 5.90. The van der Waals surface area contributed by atoms with Crippen LogP contribution in [0.25, 0.3) is 0 Å². The van der Waals surface area contributed by atoms with Crippen LogP contribution in [-0.4, -0.2) is 59.9 Å². The first kappa shape index (κ1) is 63.4.